The number of anilines is 4. The van der Waals surface area contributed by atoms with Crippen LogP contribution in [0.25, 0.3) is 0 Å². The Balaban J connectivity index is 1.64. The van der Waals surface area contributed by atoms with E-state index < -0.39 is 7.14 Å². The molecule has 4 heterocycles. The smallest absolute Gasteiger partial charge is 0.222 e. The van der Waals surface area contributed by atoms with E-state index in [1.165, 1.54) is 12.4 Å². The van der Waals surface area contributed by atoms with Gasteiger partial charge in [-0.2, -0.15) is 9.97 Å². The van der Waals surface area contributed by atoms with Gasteiger partial charge in [-0.25, -0.2) is 15.0 Å². The van der Waals surface area contributed by atoms with Gasteiger partial charge in [0, 0.05) is 47.5 Å². The standard InChI is InChI=1S/C28H37N10O3PS/c1-6-42(39,23-8-19(17(10-33-23)14(2)3)40-21-12-35-27(31)37-25(21)29)16(5)7-15(4)18-11-34-24(43)9-20(18)41-22-13-36-28(32)38-26(22)30/h8-16H,6-7H2,1-5H3,(H,34,43)(H4,29,31,35,37)(H4,30,32,36,38). The van der Waals surface area contributed by atoms with E-state index >= 15 is 0 Å². The summed E-state index contributed by atoms with van der Waals surface area (Å²) in [5.74, 6) is 1.74. The third kappa shape index (κ3) is 7.08. The number of hydrogen-bond acceptors (Lipinski definition) is 14. The van der Waals surface area contributed by atoms with E-state index in [1.807, 2.05) is 34.6 Å². The lowest BCUT2D eigenvalue weighted by Crippen LogP contribution is -2.22. The summed E-state index contributed by atoms with van der Waals surface area (Å²) >= 11 is 4.38. The molecule has 13 nitrogen and oxygen atoms in total. The zero-order chi connectivity index (χ0) is 31.5. The van der Waals surface area contributed by atoms with Gasteiger partial charge in [0.2, 0.25) is 11.9 Å². The van der Waals surface area contributed by atoms with Gasteiger partial charge in [0.15, 0.2) is 23.1 Å². The average molecular weight is 625 g/mol. The van der Waals surface area contributed by atoms with Crippen molar-refractivity contribution in [2.24, 2.45) is 0 Å². The van der Waals surface area contributed by atoms with E-state index in [4.69, 9.17) is 32.4 Å². The molecule has 0 spiro atoms. The molecule has 4 rings (SSSR count). The highest BCUT2D eigenvalue weighted by Gasteiger charge is 2.34. The first-order chi connectivity index (χ1) is 20.3. The number of pyridine rings is 2. The molecule has 43 heavy (non-hydrogen) atoms. The molecule has 0 saturated carbocycles. The van der Waals surface area contributed by atoms with Gasteiger partial charge in [-0.15, -0.1) is 12.6 Å². The molecule has 0 amide bonds. The van der Waals surface area contributed by atoms with Gasteiger partial charge in [0.25, 0.3) is 0 Å². The lowest BCUT2D eigenvalue weighted by Gasteiger charge is -2.27. The topological polar surface area (TPSA) is 217 Å². The Labute approximate surface area is 256 Å². The molecule has 3 unspecified atom stereocenters. The zero-order valence-corrected chi connectivity index (χ0v) is 26.5. The van der Waals surface area contributed by atoms with Crippen molar-refractivity contribution in [1.29, 1.82) is 0 Å². The van der Waals surface area contributed by atoms with Crippen LogP contribution >= 0.6 is 19.8 Å². The highest BCUT2D eigenvalue weighted by atomic mass is 32.1. The molecule has 0 saturated heterocycles. The van der Waals surface area contributed by atoms with E-state index in [9.17, 15) is 4.57 Å². The highest BCUT2D eigenvalue weighted by molar-refractivity contribution is 7.80. The number of nitrogen functional groups attached to an aromatic ring is 4. The molecule has 0 fully saturated rings. The van der Waals surface area contributed by atoms with Gasteiger partial charge in [0.05, 0.1) is 17.4 Å². The summed E-state index contributed by atoms with van der Waals surface area (Å²) in [7, 11) is -3.03. The Morgan fingerprint density at radius 2 is 1.30 bits per heavy atom. The van der Waals surface area contributed by atoms with Crippen molar-refractivity contribution in [2.45, 2.75) is 63.6 Å². The predicted octanol–water partition coefficient (Wildman–Crippen LogP) is 4.97. The van der Waals surface area contributed by atoms with Crippen molar-refractivity contribution < 1.29 is 14.0 Å². The summed E-state index contributed by atoms with van der Waals surface area (Å²) in [6.07, 6.45) is 7.18. The third-order valence-electron chi connectivity index (χ3n) is 7.22. The molecular weight excluding hydrogens is 587 g/mol. The first-order valence-electron chi connectivity index (χ1n) is 13.7. The summed E-state index contributed by atoms with van der Waals surface area (Å²) in [5.41, 5.74) is 25.1. The normalized spacial score (nSPS) is 14.2. The van der Waals surface area contributed by atoms with Crippen molar-refractivity contribution in [1.82, 2.24) is 29.9 Å². The first-order valence-corrected chi connectivity index (χ1v) is 16.1. The second-order valence-corrected chi connectivity index (χ2v) is 14.6. The molecule has 228 valence electrons. The van der Waals surface area contributed by atoms with E-state index in [-0.39, 0.29) is 52.5 Å². The number of rotatable bonds is 11. The fraction of sp³-hybridized carbons (Fsp3) is 0.357. The second kappa shape index (κ2) is 13.0. The van der Waals surface area contributed by atoms with Crippen LogP contribution in [-0.2, 0) is 4.57 Å². The maximum absolute atomic E-state index is 14.7. The van der Waals surface area contributed by atoms with Crippen LogP contribution in [0.2, 0.25) is 0 Å². The quantitative estimate of drug-likeness (QED) is 0.110. The fourth-order valence-electron chi connectivity index (χ4n) is 4.76. The minimum Gasteiger partial charge on any atom is -0.451 e. The van der Waals surface area contributed by atoms with E-state index in [1.54, 1.807) is 24.5 Å². The lowest BCUT2D eigenvalue weighted by atomic mass is 9.97. The number of nitrogens with zero attached hydrogens (tertiary/aromatic N) is 6. The summed E-state index contributed by atoms with van der Waals surface area (Å²) in [6.45, 7) is 9.93. The van der Waals surface area contributed by atoms with Crippen LogP contribution in [0.15, 0.2) is 41.9 Å². The number of aromatic nitrogens is 6. The van der Waals surface area contributed by atoms with Gasteiger partial charge in [-0.3, -0.25) is 4.98 Å². The first kappa shape index (κ1) is 31.8. The van der Waals surface area contributed by atoms with Crippen LogP contribution in [0.4, 0.5) is 23.5 Å². The van der Waals surface area contributed by atoms with Gasteiger partial charge in [-0.05, 0) is 18.3 Å². The number of thiol groups is 1. The highest BCUT2D eigenvalue weighted by Crippen LogP contribution is 2.53. The minimum absolute atomic E-state index is 0.0424. The summed E-state index contributed by atoms with van der Waals surface area (Å²) in [5, 5.41) is 0.460. The summed E-state index contributed by atoms with van der Waals surface area (Å²) in [6, 6.07) is 3.43. The monoisotopic (exact) mass is 624 g/mol. The van der Waals surface area contributed by atoms with Crippen molar-refractivity contribution in [3.05, 3.63) is 48.0 Å². The van der Waals surface area contributed by atoms with Crippen molar-refractivity contribution in [3.8, 4) is 23.0 Å². The Morgan fingerprint density at radius 1 is 0.767 bits per heavy atom. The maximum Gasteiger partial charge on any atom is 0.222 e. The largest absolute Gasteiger partial charge is 0.451 e. The van der Waals surface area contributed by atoms with Gasteiger partial charge in [0.1, 0.15) is 24.1 Å². The van der Waals surface area contributed by atoms with Gasteiger partial charge in [-0.1, -0.05) is 34.6 Å². The van der Waals surface area contributed by atoms with Crippen LogP contribution < -0.4 is 37.8 Å². The molecule has 15 heteroatoms. The molecule has 0 bridgehead atoms. The summed E-state index contributed by atoms with van der Waals surface area (Å²) in [4.78, 5) is 24.9. The van der Waals surface area contributed by atoms with Gasteiger partial charge >= 0.3 is 0 Å². The van der Waals surface area contributed by atoms with Crippen LogP contribution in [0.1, 0.15) is 64.0 Å². The van der Waals surface area contributed by atoms with Crippen molar-refractivity contribution >= 4 is 48.7 Å². The van der Waals surface area contributed by atoms with Crippen LogP contribution in [0.5, 0.6) is 23.0 Å². The zero-order valence-electron chi connectivity index (χ0n) is 24.7. The Morgan fingerprint density at radius 3 is 1.81 bits per heavy atom. The number of nitrogens with two attached hydrogens (primary N) is 4. The third-order valence-corrected chi connectivity index (χ3v) is 11.1. The summed E-state index contributed by atoms with van der Waals surface area (Å²) < 4.78 is 26.9. The molecule has 0 aliphatic carbocycles. The van der Waals surface area contributed by atoms with E-state index in [0.717, 1.165) is 11.1 Å². The van der Waals surface area contributed by atoms with E-state index in [2.05, 4.69) is 42.5 Å². The van der Waals surface area contributed by atoms with Crippen LogP contribution in [-0.4, -0.2) is 41.7 Å². The van der Waals surface area contributed by atoms with Crippen LogP contribution in [0, 0.1) is 0 Å². The molecule has 8 N–H and O–H groups in total. The fourth-order valence-corrected chi connectivity index (χ4v) is 7.58. The Hall–Kier alpha value is -4.16. The molecule has 0 radical (unpaired) electrons. The molecule has 0 aromatic carbocycles. The van der Waals surface area contributed by atoms with Gasteiger partial charge < -0.3 is 37.0 Å². The maximum atomic E-state index is 14.7. The molecular formula is C28H37N10O3PS. The van der Waals surface area contributed by atoms with Crippen LogP contribution in [0.3, 0.4) is 0 Å². The molecule has 4 aromatic heterocycles. The number of hydrogen-bond donors (Lipinski definition) is 5. The predicted molar refractivity (Wildman–Crippen MR) is 172 cm³/mol. The lowest BCUT2D eigenvalue weighted by molar-refractivity contribution is 0.463. The second-order valence-electron chi connectivity index (χ2n) is 10.6. The van der Waals surface area contributed by atoms with E-state index in [0.29, 0.717) is 34.5 Å². The average Bonchev–Trinajstić information content (AvgIpc) is 2.95. The molecule has 0 aliphatic rings. The Bertz CT molecular complexity index is 1670. The van der Waals surface area contributed by atoms with Crippen molar-refractivity contribution in [3.63, 3.8) is 0 Å². The Kier molecular flexibility index (Phi) is 9.61. The SMILES string of the molecule is CCP(=O)(c1cc(Oc2cnc(N)nc2N)c(C(C)C)cn1)C(C)CC(C)c1cnc(S)cc1Oc1cnc(N)nc1N. The van der Waals surface area contributed by atoms with Crippen molar-refractivity contribution in [2.75, 3.05) is 29.1 Å². The molecule has 0 aliphatic heterocycles. The molecule has 3 atom stereocenters. The minimum atomic E-state index is -3.03. The number of ether oxygens (including phenoxy) is 2. The molecule has 4 aromatic rings.